The van der Waals surface area contributed by atoms with Crippen LogP contribution < -0.4 is 10.2 Å². The third-order valence-corrected chi connectivity index (χ3v) is 6.86. The third kappa shape index (κ3) is 3.67. The number of amides is 4. The molecule has 3 fully saturated rings. The smallest absolute Gasteiger partial charge is 0.316 e. The fourth-order valence-corrected chi connectivity index (χ4v) is 5.26. The Balaban J connectivity index is 1.50. The fraction of sp³-hybridized carbons (Fsp3) is 0.522. The topological polar surface area (TPSA) is 132 Å². The Morgan fingerprint density at radius 2 is 1.94 bits per heavy atom. The summed E-state index contributed by atoms with van der Waals surface area (Å²) in [5.41, 5.74) is -0.346. The molecule has 0 aromatic heterocycles. The van der Waals surface area contributed by atoms with E-state index in [0.29, 0.717) is 13.2 Å². The second-order valence-electron chi connectivity index (χ2n) is 8.78. The maximum atomic E-state index is 15.2. The first kappa shape index (κ1) is 23.4. The second kappa shape index (κ2) is 8.68. The highest BCUT2D eigenvalue weighted by Gasteiger charge is 2.54. The fourth-order valence-electron chi connectivity index (χ4n) is 5.26. The van der Waals surface area contributed by atoms with Gasteiger partial charge in [0.25, 0.3) is 11.8 Å². The number of hydrogen-bond donors (Lipinski definition) is 1. The molecule has 1 spiro atoms. The molecule has 11 nitrogen and oxygen atoms in total. The molecule has 5 rings (SSSR count). The van der Waals surface area contributed by atoms with E-state index in [0.717, 1.165) is 11.0 Å². The summed E-state index contributed by atoms with van der Waals surface area (Å²) in [5, 5.41) is 2.13. The number of benzene rings is 1. The van der Waals surface area contributed by atoms with Gasteiger partial charge in [0.1, 0.15) is 17.8 Å². The van der Waals surface area contributed by atoms with Gasteiger partial charge >= 0.3 is 5.97 Å². The molecule has 1 aromatic rings. The Labute approximate surface area is 199 Å². The van der Waals surface area contributed by atoms with Crippen molar-refractivity contribution in [2.24, 2.45) is 5.92 Å². The van der Waals surface area contributed by atoms with E-state index in [1.807, 2.05) is 0 Å². The van der Waals surface area contributed by atoms with Crippen LogP contribution in [0.4, 0.5) is 10.1 Å². The highest BCUT2D eigenvalue weighted by atomic mass is 19.1. The maximum absolute atomic E-state index is 15.2. The van der Waals surface area contributed by atoms with Crippen LogP contribution in [0.3, 0.4) is 0 Å². The number of carbonyl (C=O) groups excluding carboxylic acids is 5. The van der Waals surface area contributed by atoms with Crippen molar-refractivity contribution in [1.29, 1.82) is 0 Å². The standard InChI is InChI=1S/C23H24FN3O8/c1-2-33-22(32)13-11-26(8-7-23(13)34-9-10-35-23)18-14(24)4-3-12-17(18)21(31)27(20(12)30)15-5-6-16(28)25-19(15)29/h3-4,13,15H,2,5-11H2,1H3,(H,25,28,29). The number of fused-ring (bicyclic) bond motifs is 1. The minimum atomic E-state index is -1.20. The zero-order chi connectivity index (χ0) is 24.9. The quantitative estimate of drug-likeness (QED) is 0.470. The number of anilines is 1. The lowest BCUT2D eigenvalue weighted by Gasteiger charge is -2.43. The van der Waals surface area contributed by atoms with Crippen molar-refractivity contribution >= 4 is 35.3 Å². The summed E-state index contributed by atoms with van der Waals surface area (Å²) in [7, 11) is 0. The zero-order valence-corrected chi connectivity index (χ0v) is 19.0. The van der Waals surface area contributed by atoms with Crippen molar-refractivity contribution < 1.29 is 42.6 Å². The molecule has 4 aliphatic heterocycles. The molecule has 4 amide bonds. The summed E-state index contributed by atoms with van der Waals surface area (Å²) in [6.07, 6.45) is 0.166. The van der Waals surface area contributed by atoms with Crippen molar-refractivity contribution in [3.05, 3.63) is 29.1 Å². The average Bonchev–Trinajstić information content (AvgIpc) is 3.38. The predicted molar refractivity (Wildman–Crippen MR) is 115 cm³/mol. The van der Waals surface area contributed by atoms with Gasteiger partial charge in [-0.2, -0.15) is 0 Å². The van der Waals surface area contributed by atoms with E-state index in [4.69, 9.17) is 14.2 Å². The Morgan fingerprint density at radius 3 is 2.63 bits per heavy atom. The summed E-state index contributed by atoms with van der Waals surface area (Å²) in [6.45, 7) is 2.53. The molecule has 12 heteroatoms. The van der Waals surface area contributed by atoms with Gasteiger partial charge in [-0.05, 0) is 25.5 Å². The first-order valence-electron chi connectivity index (χ1n) is 11.5. The minimum absolute atomic E-state index is 0.0141. The van der Waals surface area contributed by atoms with Gasteiger partial charge in [-0.25, -0.2) is 4.39 Å². The molecular weight excluding hydrogens is 465 g/mol. The van der Waals surface area contributed by atoms with Gasteiger partial charge in [0.2, 0.25) is 11.8 Å². The lowest BCUT2D eigenvalue weighted by Crippen LogP contribution is -2.56. The van der Waals surface area contributed by atoms with Gasteiger partial charge in [-0.15, -0.1) is 0 Å². The maximum Gasteiger partial charge on any atom is 0.316 e. The molecule has 4 aliphatic rings. The third-order valence-electron chi connectivity index (χ3n) is 6.86. The molecule has 0 aliphatic carbocycles. The van der Waals surface area contributed by atoms with Crippen LogP contribution >= 0.6 is 0 Å². The van der Waals surface area contributed by atoms with Crippen LogP contribution in [0.15, 0.2) is 12.1 Å². The molecule has 35 heavy (non-hydrogen) atoms. The number of nitrogens with one attached hydrogen (secondary N) is 1. The number of ether oxygens (including phenoxy) is 3. The molecule has 186 valence electrons. The first-order valence-corrected chi connectivity index (χ1v) is 11.5. The van der Waals surface area contributed by atoms with Crippen LogP contribution in [-0.4, -0.2) is 79.2 Å². The number of rotatable bonds is 4. The van der Waals surface area contributed by atoms with Gasteiger partial charge in [0.15, 0.2) is 5.79 Å². The van der Waals surface area contributed by atoms with Crippen LogP contribution in [0.25, 0.3) is 0 Å². The zero-order valence-electron chi connectivity index (χ0n) is 19.0. The molecule has 2 unspecified atom stereocenters. The second-order valence-corrected chi connectivity index (χ2v) is 8.78. The molecule has 0 bridgehead atoms. The molecule has 0 radical (unpaired) electrons. The normalized spacial score (nSPS) is 25.8. The lowest BCUT2D eigenvalue weighted by molar-refractivity contribution is -0.215. The largest absolute Gasteiger partial charge is 0.466 e. The number of nitrogens with zero attached hydrogens (tertiary/aromatic N) is 2. The number of hydrogen-bond acceptors (Lipinski definition) is 9. The first-order chi connectivity index (χ1) is 16.8. The van der Waals surface area contributed by atoms with E-state index in [-0.39, 0.29) is 55.8 Å². The Kier molecular flexibility index (Phi) is 5.80. The molecule has 0 saturated carbocycles. The van der Waals surface area contributed by atoms with Crippen molar-refractivity contribution in [3.8, 4) is 0 Å². The highest BCUT2D eigenvalue weighted by Crippen LogP contribution is 2.42. The molecular formula is C23H24FN3O8. The Morgan fingerprint density at radius 1 is 1.20 bits per heavy atom. The van der Waals surface area contributed by atoms with Crippen molar-refractivity contribution in [2.75, 3.05) is 37.8 Å². The monoisotopic (exact) mass is 489 g/mol. The average molecular weight is 489 g/mol. The van der Waals surface area contributed by atoms with Gasteiger partial charge < -0.3 is 19.1 Å². The summed E-state index contributed by atoms with van der Waals surface area (Å²) in [4.78, 5) is 65.5. The molecule has 1 N–H and O–H groups in total. The Hall–Kier alpha value is -3.38. The van der Waals surface area contributed by atoms with E-state index in [1.54, 1.807) is 6.92 Å². The van der Waals surface area contributed by atoms with Crippen molar-refractivity contribution in [2.45, 2.75) is 38.0 Å². The summed E-state index contributed by atoms with van der Waals surface area (Å²) < 4.78 is 32.0. The summed E-state index contributed by atoms with van der Waals surface area (Å²) in [6, 6.07) is 1.12. The SMILES string of the molecule is CCOC(=O)C1CN(c2c(F)ccc3c2C(=O)N(C2CCC(=O)NC2=O)C3=O)CCC12OCCO2. The lowest BCUT2D eigenvalue weighted by atomic mass is 9.89. The predicted octanol–water partition coefficient (Wildman–Crippen LogP) is 0.359. The van der Waals surface area contributed by atoms with E-state index in [2.05, 4.69) is 5.32 Å². The van der Waals surface area contributed by atoms with Crippen LogP contribution in [0.1, 0.15) is 46.9 Å². The van der Waals surface area contributed by atoms with Gasteiger partial charge in [-0.1, -0.05) is 0 Å². The minimum Gasteiger partial charge on any atom is -0.466 e. The van der Waals surface area contributed by atoms with Gasteiger partial charge in [0, 0.05) is 25.9 Å². The van der Waals surface area contributed by atoms with Crippen LogP contribution in [0, 0.1) is 11.7 Å². The van der Waals surface area contributed by atoms with Crippen LogP contribution in [-0.2, 0) is 28.6 Å². The van der Waals surface area contributed by atoms with Crippen molar-refractivity contribution in [3.63, 3.8) is 0 Å². The molecule has 4 heterocycles. The number of esters is 1. The highest BCUT2D eigenvalue weighted by molar-refractivity contribution is 6.25. The van der Waals surface area contributed by atoms with Crippen LogP contribution in [0.2, 0.25) is 0 Å². The van der Waals surface area contributed by atoms with Crippen LogP contribution in [0.5, 0.6) is 0 Å². The number of halogens is 1. The summed E-state index contributed by atoms with van der Waals surface area (Å²) >= 11 is 0. The van der Waals surface area contributed by atoms with Gasteiger partial charge in [-0.3, -0.25) is 34.2 Å². The molecule has 2 atom stereocenters. The number of carbonyl (C=O) groups is 5. The molecule has 1 aromatic carbocycles. The van der Waals surface area contributed by atoms with Crippen molar-refractivity contribution in [1.82, 2.24) is 10.2 Å². The van der Waals surface area contributed by atoms with E-state index in [1.165, 1.54) is 11.0 Å². The summed E-state index contributed by atoms with van der Waals surface area (Å²) in [5.74, 6) is -6.23. The van der Waals surface area contributed by atoms with E-state index in [9.17, 15) is 24.0 Å². The van der Waals surface area contributed by atoms with E-state index >= 15 is 4.39 Å². The number of piperidine rings is 2. The number of imide groups is 2. The van der Waals surface area contributed by atoms with E-state index < -0.39 is 53.2 Å². The Bertz CT molecular complexity index is 1130. The van der Waals surface area contributed by atoms with Gasteiger partial charge in [0.05, 0.1) is 36.6 Å². The molecule has 3 saturated heterocycles.